The second-order valence-corrected chi connectivity index (χ2v) is 6.26. The zero-order chi connectivity index (χ0) is 16.8. The highest BCUT2D eigenvalue weighted by molar-refractivity contribution is 5.80. The summed E-state index contributed by atoms with van der Waals surface area (Å²) in [4.78, 5) is 11.6. The third-order valence-corrected chi connectivity index (χ3v) is 4.17. The zero-order valence-electron chi connectivity index (χ0n) is 14.5. The van der Waals surface area contributed by atoms with Crippen molar-refractivity contribution >= 4 is 5.96 Å². The lowest BCUT2D eigenvalue weighted by molar-refractivity contribution is 0.266. The molecule has 3 heterocycles. The minimum atomic E-state index is 0.593. The molecule has 2 N–H and O–H groups in total. The maximum atomic E-state index is 5.31. The molecular formula is C17H26N6O. The molecule has 1 fully saturated rings. The molecule has 2 aromatic rings. The van der Waals surface area contributed by atoms with Crippen LogP contribution in [0, 0.1) is 5.92 Å². The fourth-order valence-corrected chi connectivity index (χ4v) is 3.00. The second-order valence-electron chi connectivity index (χ2n) is 6.26. The highest BCUT2D eigenvalue weighted by atomic mass is 16.3. The molecule has 1 unspecified atom stereocenters. The Bertz CT molecular complexity index is 648. The molecule has 1 saturated heterocycles. The highest BCUT2D eigenvalue weighted by Gasteiger charge is 2.19. The van der Waals surface area contributed by atoms with Gasteiger partial charge >= 0.3 is 0 Å². The molecule has 1 aliphatic rings. The number of guanidine groups is 1. The van der Waals surface area contributed by atoms with E-state index >= 15 is 0 Å². The lowest BCUT2D eigenvalue weighted by atomic mass is 10.0. The molecule has 1 aliphatic heterocycles. The van der Waals surface area contributed by atoms with Gasteiger partial charge in [-0.15, -0.1) is 0 Å². The Kier molecular flexibility index (Phi) is 5.51. The van der Waals surface area contributed by atoms with E-state index in [4.69, 9.17) is 9.41 Å². The number of H-pyrrole nitrogens is 1. The van der Waals surface area contributed by atoms with Crippen molar-refractivity contribution in [2.24, 2.45) is 10.9 Å². The largest absolute Gasteiger partial charge is 0.461 e. The van der Waals surface area contributed by atoms with Crippen molar-refractivity contribution in [3.63, 3.8) is 0 Å². The van der Waals surface area contributed by atoms with E-state index in [1.165, 1.54) is 12.8 Å². The van der Waals surface area contributed by atoms with Gasteiger partial charge in [-0.1, -0.05) is 6.92 Å². The number of nitrogens with one attached hydrogen (secondary N) is 2. The fourth-order valence-electron chi connectivity index (χ4n) is 3.00. The summed E-state index contributed by atoms with van der Waals surface area (Å²) in [5.74, 6) is 3.84. The van der Waals surface area contributed by atoms with E-state index in [9.17, 15) is 0 Å². The number of nitrogens with zero attached hydrogens (tertiary/aromatic N) is 4. The van der Waals surface area contributed by atoms with Crippen LogP contribution >= 0.6 is 0 Å². The Morgan fingerprint density at radius 2 is 2.46 bits per heavy atom. The molecule has 130 valence electrons. The molecule has 0 spiro atoms. The van der Waals surface area contributed by atoms with E-state index in [0.29, 0.717) is 18.1 Å². The lowest BCUT2D eigenvalue weighted by Crippen LogP contribution is -2.46. The molecule has 0 saturated carbocycles. The molecule has 7 nitrogen and oxygen atoms in total. The van der Waals surface area contributed by atoms with E-state index in [1.807, 2.05) is 12.1 Å². The van der Waals surface area contributed by atoms with Crippen molar-refractivity contribution in [3.05, 3.63) is 24.2 Å². The van der Waals surface area contributed by atoms with Gasteiger partial charge in [0.1, 0.15) is 5.82 Å². The number of furan rings is 1. The summed E-state index contributed by atoms with van der Waals surface area (Å²) in [6.45, 7) is 8.14. The van der Waals surface area contributed by atoms with Crippen LogP contribution in [0.2, 0.25) is 0 Å². The van der Waals surface area contributed by atoms with Gasteiger partial charge in [0.15, 0.2) is 11.7 Å². The summed E-state index contributed by atoms with van der Waals surface area (Å²) in [5, 5.41) is 10.6. The van der Waals surface area contributed by atoms with Crippen molar-refractivity contribution in [1.82, 2.24) is 25.4 Å². The Hall–Kier alpha value is -2.31. The summed E-state index contributed by atoms with van der Waals surface area (Å²) < 4.78 is 5.31. The van der Waals surface area contributed by atoms with Crippen LogP contribution < -0.4 is 5.32 Å². The number of likely N-dealkylation sites (tertiary alicyclic amines) is 1. The van der Waals surface area contributed by atoms with Gasteiger partial charge in [-0.3, -0.25) is 10.1 Å². The van der Waals surface area contributed by atoms with Crippen molar-refractivity contribution in [2.75, 3.05) is 26.2 Å². The molecule has 7 heteroatoms. The van der Waals surface area contributed by atoms with Crippen molar-refractivity contribution < 1.29 is 4.42 Å². The average molecular weight is 330 g/mol. The van der Waals surface area contributed by atoms with Crippen molar-refractivity contribution in [3.8, 4) is 11.6 Å². The maximum absolute atomic E-state index is 5.31. The van der Waals surface area contributed by atoms with Crippen molar-refractivity contribution in [2.45, 2.75) is 33.1 Å². The minimum Gasteiger partial charge on any atom is -0.461 e. The fraction of sp³-hybridized carbons (Fsp3) is 0.588. The molecule has 24 heavy (non-hydrogen) atoms. The maximum Gasteiger partial charge on any atom is 0.216 e. The van der Waals surface area contributed by atoms with Crippen LogP contribution in [0.15, 0.2) is 27.8 Å². The summed E-state index contributed by atoms with van der Waals surface area (Å²) in [6.07, 6.45) is 4.90. The number of aliphatic imine (C=N–C) groups is 1. The summed E-state index contributed by atoms with van der Waals surface area (Å²) in [5.41, 5.74) is 0. The molecule has 0 radical (unpaired) electrons. The number of aromatic amines is 1. The van der Waals surface area contributed by atoms with Crippen LogP contribution in [-0.2, 0) is 6.42 Å². The van der Waals surface area contributed by atoms with E-state index in [-0.39, 0.29) is 0 Å². The van der Waals surface area contributed by atoms with Gasteiger partial charge in [-0.2, -0.15) is 5.10 Å². The first-order valence-corrected chi connectivity index (χ1v) is 8.74. The third-order valence-electron chi connectivity index (χ3n) is 4.17. The predicted octanol–water partition coefficient (Wildman–Crippen LogP) is 2.30. The molecular weight excluding hydrogens is 304 g/mol. The van der Waals surface area contributed by atoms with Gasteiger partial charge in [0.2, 0.25) is 5.82 Å². The number of aromatic nitrogens is 3. The summed E-state index contributed by atoms with van der Waals surface area (Å²) in [6, 6.07) is 3.68. The average Bonchev–Trinajstić information content (AvgIpc) is 3.25. The van der Waals surface area contributed by atoms with Gasteiger partial charge < -0.3 is 14.6 Å². The topological polar surface area (TPSA) is 82.3 Å². The van der Waals surface area contributed by atoms with E-state index < -0.39 is 0 Å². The lowest BCUT2D eigenvalue weighted by Gasteiger charge is -2.33. The van der Waals surface area contributed by atoms with Crippen LogP contribution in [0.5, 0.6) is 0 Å². The van der Waals surface area contributed by atoms with E-state index in [2.05, 4.69) is 39.2 Å². The van der Waals surface area contributed by atoms with Crippen LogP contribution in [0.1, 0.15) is 32.5 Å². The number of hydrogen-bond acceptors (Lipinski definition) is 4. The number of hydrogen-bond donors (Lipinski definition) is 2. The third kappa shape index (κ3) is 4.15. The summed E-state index contributed by atoms with van der Waals surface area (Å²) in [7, 11) is 0. The van der Waals surface area contributed by atoms with Gasteiger partial charge in [0.25, 0.3) is 0 Å². The number of piperidine rings is 1. The first-order valence-electron chi connectivity index (χ1n) is 8.74. The normalized spacial score (nSPS) is 18.8. The first-order chi connectivity index (χ1) is 11.8. The Morgan fingerprint density at radius 1 is 1.54 bits per heavy atom. The van der Waals surface area contributed by atoms with E-state index in [1.54, 1.807) is 6.26 Å². The zero-order valence-corrected chi connectivity index (χ0v) is 14.5. The SMILES string of the molecule is CCNC(=NCCc1nc(-c2ccco2)n[nH]1)N1CCCC(C)C1. The molecule has 2 aromatic heterocycles. The van der Waals surface area contributed by atoms with Crippen molar-refractivity contribution in [1.29, 1.82) is 0 Å². The van der Waals surface area contributed by atoms with Gasteiger partial charge in [-0.25, -0.2) is 4.98 Å². The smallest absolute Gasteiger partial charge is 0.216 e. The highest BCUT2D eigenvalue weighted by Crippen LogP contribution is 2.16. The van der Waals surface area contributed by atoms with Gasteiger partial charge in [-0.05, 0) is 37.8 Å². The van der Waals surface area contributed by atoms with Crippen LogP contribution in [0.25, 0.3) is 11.6 Å². The molecule has 3 rings (SSSR count). The molecule has 0 bridgehead atoms. The molecule has 0 aliphatic carbocycles. The Balaban J connectivity index is 1.58. The van der Waals surface area contributed by atoms with E-state index in [0.717, 1.165) is 43.8 Å². The van der Waals surface area contributed by atoms with Crippen LogP contribution in [-0.4, -0.2) is 52.2 Å². The first kappa shape index (κ1) is 16.5. The van der Waals surface area contributed by atoms with Crippen LogP contribution in [0.4, 0.5) is 0 Å². The Morgan fingerprint density at radius 3 is 3.21 bits per heavy atom. The standard InChI is InChI=1S/C17H26N6O/c1-3-18-17(23-10-4-6-13(2)12-23)19-9-8-15-20-16(22-21-15)14-7-5-11-24-14/h5,7,11,13H,3-4,6,8-10,12H2,1-2H3,(H,18,19)(H,20,21,22). The van der Waals surface area contributed by atoms with Crippen LogP contribution in [0.3, 0.4) is 0 Å². The molecule has 1 atom stereocenters. The summed E-state index contributed by atoms with van der Waals surface area (Å²) >= 11 is 0. The number of rotatable bonds is 5. The second kappa shape index (κ2) is 7.99. The molecule has 0 aromatic carbocycles. The van der Waals surface area contributed by atoms with Gasteiger partial charge in [0, 0.05) is 32.6 Å². The Labute approximate surface area is 142 Å². The van der Waals surface area contributed by atoms with Gasteiger partial charge in [0.05, 0.1) is 6.26 Å². The quantitative estimate of drug-likeness (QED) is 0.649. The minimum absolute atomic E-state index is 0.593. The monoisotopic (exact) mass is 330 g/mol. The molecule has 0 amide bonds. The predicted molar refractivity (Wildman–Crippen MR) is 93.7 cm³/mol.